The molecule has 0 spiro atoms. The Kier molecular flexibility index (Phi) is 3.72. The minimum absolute atomic E-state index is 0.117. The molecule has 2 N–H and O–H groups in total. The van der Waals surface area contributed by atoms with Gasteiger partial charge < -0.3 is 10.6 Å². The van der Waals surface area contributed by atoms with Gasteiger partial charge in [0, 0.05) is 12.6 Å². The van der Waals surface area contributed by atoms with Crippen LogP contribution in [0.1, 0.15) is 39.5 Å². The largest absolute Gasteiger partial charge is 0.338 e. The minimum Gasteiger partial charge on any atom is -0.338 e. The number of amides is 1. The van der Waals surface area contributed by atoms with E-state index in [0.717, 1.165) is 25.8 Å². The molecule has 1 fully saturated rings. The molecule has 3 heteroatoms. The molecule has 76 valence electrons. The van der Waals surface area contributed by atoms with Crippen LogP contribution in [-0.2, 0) is 4.79 Å². The smallest absolute Gasteiger partial charge is 0.239 e. The van der Waals surface area contributed by atoms with Gasteiger partial charge in [0.05, 0.1) is 6.04 Å². The van der Waals surface area contributed by atoms with Gasteiger partial charge in [-0.25, -0.2) is 0 Å². The molecule has 2 atom stereocenters. The second-order valence-corrected chi connectivity index (χ2v) is 3.88. The highest BCUT2D eigenvalue weighted by Crippen LogP contribution is 2.19. The molecule has 3 nitrogen and oxygen atoms in total. The first-order valence-electron chi connectivity index (χ1n) is 5.23. The van der Waals surface area contributed by atoms with E-state index >= 15 is 0 Å². The van der Waals surface area contributed by atoms with E-state index in [4.69, 9.17) is 5.73 Å². The molecule has 1 aliphatic heterocycles. The van der Waals surface area contributed by atoms with Crippen LogP contribution < -0.4 is 5.73 Å². The average molecular weight is 184 g/mol. The predicted octanol–water partition coefficient (Wildman–Crippen LogP) is 1.12. The summed E-state index contributed by atoms with van der Waals surface area (Å²) in [7, 11) is 0. The number of likely N-dealkylation sites (tertiary alicyclic amines) is 1. The number of carbonyl (C=O) groups is 1. The molecule has 0 aliphatic carbocycles. The van der Waals surface area contributed by atoms with E-state index < -0.39 is 0 Å². The van der Waals surface area contributed by atoms with Crippen molar-refractivity contribution in [2.45, 2.75) is 51.6 Å². The monoisotopic (exact) mass is 184 g/mol. The van der Waals surface area contributed by atoms with Crippen LogP contribution in [0, 0.1) is 0 Å². The molecule has 0 radical (unpaired) electrons. The first kappa shape index (κ1) is 10.5. The minimum atomic E-state index is -0.341. The van der Waals surface area contributed by atoms with Crippen molar-refractivity contribution in [2.24, 2.45) is 5.73 Å². The lowest BCUT2D eigenvalue weighted by molar-refractivity contribution is -0.135. The lowest BCUT2D eigenvalue weighted by Crippen LogP contribution is -2.49. The van der Waals surface area contributed by atoms with Crippen LogP contribution in [0.2, 0.25) is 0 Å². The Balaban J connectivity index is 2.58. The van der Waals surface area contributed by atoms with E-state index in [-0.39, 0.29) is 11.9 Å². The Morgan fingerprint density at radius 2 is 2.31 bits per heavy atom. The van der Waals surface area contributed by atoms with Crippen LogP contribution in [-0.4, -0.2) is 29.4 Å². The van der Waals surface area contributed by atoms with Gasteiger partial charge in [0.15, 0.2) is 0 Å². The summed E-state index contributed by atoms with van der Waals surface area (Å²) < 4.78 is 0. The van der Waals surface area contributed by atoms with Gasteiger partial charge in [-0.2, -0.15) is 0 Å². The first-order valence-corrected chi connectivity index (χ1v) is 5.23. The van der Waals surface area contributed by atoms with Crippen molar-refractivity contribution in [2.75, 3.05) is 6.54 Å². The van der Waals surface area contributed by atoms with Crippen LogP contribution in [0.3, 0.4) is 0 Å². The number of piperidine rings is 1. The highest BCUT2D eigenvalue weighted by Gasteiger charge is 2.26. The van der Waals surface area contributed by atoms with E-state index in [1.807, 2.05) is 4.90 Å². The summed E-state index contributed by atoms with van der Waals surface area (Å²) in [4.78, 5) is 13.6. The standard InChI is InChI=1S/C10H20N2O/c1-3-9-6-4-5-7-12(9)10(13)8(2)11/h8-9H,3-7,11H2,1-2H3/t8-,9?/m0/s1. The Labute approximate surface area is 80.3 Å². The average Bonchev–Trinajstić information content (AvgIpc) is 2.16. The molecule has 1 saturated heterocycles. The van der Waals surface area contributed by atoms with Gasteiger partial charge in [0.2, 0.25) is 5.91 Å². The van der Waals surface area contributed by atoms with Gasteiger partial charge in [-0.15, -0.1) is 0 Å². The van der Waals surface area contributed by atoms with Crippen molar-refractivity contribution < 1.29 is 4.79 Å². The topological polar surface area (TPSA) is 46.3 Å². The normalized spacial score (nSPS) is 25.8. The summed E-state index contributed by atoms with van der Waals surface area (Å²) in [6, 6.07) is 0.0967. The third kappa shape index (κ3) is 2.44. The molecule has 1 aliphatic rings. The Bertz CT molecular complexity index is 180. The molecule has 0 saturated carbocycles. The van der Waals surface area contributed by atoms with Crippen molar-refractivity contribution in [3.05, 3.63) is 0 Å². The fourth-order valence-corrected chi connectivity index (χ4v) is 1.98. The number of nitrogens with zero attached hydrogens (tertiary/aromatic N) is 1. The van der Waals surface area contributed by atoms with Gasteiger partial charge in [-0.3, -0.25) is 4.79 Å². The van der Waals surface area contributed by atoms with E-state index in [2.05, 4.69) is 6.92 Å². The molecule has 0 aromatic carbocycles. The van der Waals surface area contributed by atoms with E-state index in [1.165, 1.54) is 6.42 Å². The molecule has 1 rings (SSSR count). The molecule has 0 bridgehead atoms. The zero-order chi connectivity index (χ0) is 9.84. The van der Waals surface area contributed by atoms with Crippen LogP contribution in [0.15, 0.2) is 0 Å². The summed E-state index contributed by atoms with van der Waals surface area (Å²) >= 11 is 0. The lowest BCUT2D eigenvalue weighted by atomic mass is 9.99. The summed E-state index contributed by atoms with van der Waals surface area (Å²) in [5, 5.41) is 0. The molecule has 1 unspecified atom stereocenters. The van der Waals surface area contributed by atoms with Gasteiger partial charge >= 0.3 is 0 Å². The zero-order valence-corrected chi connectivity index (χ0v) is 8.62. The number of carbonyl (C=O) groups excluding carboxylic acids is 1. The Morgan fingerprint density at radius 1 is 1.62 bits per heavy atom. The highest BCUT2D eigenvalue weighted by atomic mass is 16.2. The molecule has 1 heterocycles. The number of hydrogen-bond acceptors (Lipinski definition) is 2. The predicted molar refractivity (Wildman–Crippen MR) is 53.3 cm³/mol. The summed E-state index contributed by atoms with van der Waals surface area (Å²) in [5.41, 5.74) is 5.59. The number of nitrogens with two attached hydrogens (primary N) is 1. The number of rotatable bonds is 2. The quantitative estimate of drug-likeness (QED) is 0.699. The molecular weight excluding hydrogens is 164 g/mol. The van der Waals surface area contributed by atoms with E-state index in [1.54, 1.807) is 6.92 Å². The van der Waals surface area contributed by atoms with Crippen molar-refractivity contribution in [3.63, 3.8) is 0 Å². The van der Waals surface area contributed by atoms with Crippen LogP contribution >= 0.6 is 0 Å². The maximum atomic E-state index is 11.7. The van der Waals surface area contributed by atoms with E-state index in [0.29, 0.717) is 6.04 Å². The molecule has 13 heavy (non-hydrogen) atoms. The van der Waals surface area contributed by atoms with Gasteiger partial charge in [0.25, 0.3) is 0 Å². The van der Waals surface area contributed by atoms with Crippen molar-refractivity contribution in [3.8, 4) is 0 Å². The zero-order valence-electron chi connectivity index (χ0n) is 8.62. The Hall–Kier alpha value is -0.570. The maximum Gasteiger partial charge on any atom is 0.239 e. The maximum absolute atomic E-state index is 11.7. The first-order chi connectivity index (χ1) is 6.16. The van der Waals surface area contributed by atoms with E-state index in [9.17, 15) is 4.79 Å². The molecule has 0 aromatic rings. The summed E-state index contributed by atoms with van der Waals surface area (Å²) in [5.74, 6) is 0.117. The van der Waals surface area contributed by atoms with Crippen molar-refractivity contribution >= 4 is 5.91 Å². The third-order valence-electron chi connectivity index (χ3n) is 2.77. The summed E-state index contributed by atoms with van der Waals surface area (Å²) in [6.07, 6.45) is 4.59. The van der Waals surface area contributed by atoms with Gasteiger partial charge in [-0.05, 0) is 32.6 Å². The van der Waals surface area contributed by atoms with Crippen molar-refractivity contribution in [1.29, 1.82) is 0 Å². The van der Waals surface area contributed by atoms with Crippen molar-refractivity contribution in [1.82, 2.24) is 4.90 Å². The lowest BCUT2D eigenvalue weighted by Gasteiger charge is -2.36. The van der Waals surface area contributed by atoms with Crippen LogP contribution in [0.4, 0.5) is 0 Å². The SMILES string of the molecule is CCC1CCCCN1C(=O)[C@H](C)N. The highest BCUT2D eigenvalue weighted by molar-refractivity contribution is 5.81. The van der Waals surface area contributed by atoms with Crippen LogP contribution in [0.5, 0.6) is 0 Å². The third-order valence-corrected chi connectivity index (χ3v) is 2.77. The van der Waals surface area contributed by atoms with Gasteiger partial charge in [0.1, 0.15) is 0 Å². The summed E-state index contributed by atoms with van der Waals surface area (Å²) in [6.45, 7) is 4.81. The second-order valence-electron chi connectivity index (χ2n) is 3.88. The fraction of sp³-hybridized carbons (Fsp3) is 0.900. The fourth-order valence-electron chi connectivity index (χ4n) is 1.98. The molecule has 0 aromatic heterocycles. The molecule has 1 amide bonds. The van der Waals surface area contributed by atoms with Crippen LogP contribution in [0.25, 0.3) is 0 Å². The Morgan fingerprint density at radius 3 is 2.85 bits per heavy atom. The van der Waals surface area contributed by atoms with Gasteiger partial charge in [-0.1, -0.05) is 6.92 Å². The molecular formula is C10H20N2O. The number of hydrogen-bond donors (Lipinski definition) is 1. The second kappa shape index (κ2) is 4.61.